The number of rotatable bonds is 7. The molecule has 1 aliphatic carbocycles. The summed E-state index contributed by atoms with van der Waals surface area (Å²) < 4.78 is 0. The molecule has 1 amide bonds. The number of hydrogen-bond acceptors (Lipinski definition) is 4. The van der Waals surface area contributed by atoms with Crippen LogP contribution in [0.15, 0.2) is 24.3 Å². The van der Waals surface area contributed by atoms with Crippen molar-refractivity contribution in [1.29, 1.82) is 0 Å². The van der Waals surface area contributed by atoms with Crippen LogP contribution in [-0.4, -0.2) is 23.4 Å². The van der Waals surface area contributed by atoms with Crippen LogP contribution in [0.4, 0.5) is 5.69 Å². The summed E-state index contributed by atoms with van der Waals surface area (Å²) in [5.74, 6) is 0.483. The summed E-state index contributed by atoms with van der Waals surface area (Å²) in [6, 6.07) is 5.95. The molecule has 0 saturated heterocycles. The lowest BCUT2D eigenvalue weighted by molar-refractivity contribution is -0.384. The van der Waals surface area contributed by atoms with Gasteiger partial charge in [0.15, 0.2) is 0 Å². The maximum absolute atomic E-state index is 12.0. The van der Waals surface area contributed by atoms with E-state index in [9.17, 15) is 14.9 Å². The van der Waals surface area contributed by atoms with Gasteiger partial charge in [-0.15, -0.1) is 0 Å². The third kappa shape index (κ3) is 5.63. The molecule has 126 valence electrons. The van der Waals surface area contributed by atoms with Crippen molar-refractivity contribution < 1.29 is 9.72 Å². The molecule has 1 unspecified atom stereocenters. The van der Waals surface area contributed by atoms with Crippen molar-refractivity contribution in [3.05, 3.63) is 39.9 Å². The van der Waals surface area contributed by atoms with E-state index < -0.39 is 11.0 Å². The summed E-state index contributed by atoms with van der Waals surface area (Å²) in [6.07, 6.45) is 7.57. The van der Waals surface area contributed by atoms with Gasteiger partial charge in [0.05, 0.1) is 11.0 Å². The maximum atomic E-state index is 12.0. The van der Waals surface area contributed by atoms with Gasteiger partial charge >= 0.3 is 0 Å². The zero-order valence-electron chi connectivity index (χ0n) is 13.4. The standard InChI is InChI=1S/C17H25N3O3/c18-16(12-14-4-2-1-3-5-14)17(21)19-11-10-13-6-8-15(9-7-13)20(22)23/h6-9,14,16H,1-5,10-12,18H2,(H,19,21). The Morgan fingerprint density at radius 1 is 1.26 bits per heavy atom. The molecule has 6 nitrogen and oxygen atoms in total. The van der Waals surface area contributed by atoms with Crippen LogP contribution in [0, 0.1) is 16.0 Å². The number of carbonyl (C=O) groups excluding carboxylic acids is 1. The second kappa shape index (κ2) is 8.62. The van der Waals surface area contributed by atoms with Crippen molar-refractivity contribution in [3.8, 4) is 0 Å². The van der Waals surface area contributed by atoms with Gasteiger partial charge in [-0.2, -0.15) is 0 Å². The van der Waals surface area contributed by atoms with E-state index in [0.717, 1.165) is 12.0 Å². The Hall–Kier alpha value is -1.95. The number of non-ortho nitro benzene ring substituents is 1. The number of nitrogens with zero attached hydrogens (tertiary/aromatic N) is 1. The fourth-order valence-electron chi connectivity index (χ4n) is 3.13. The van der Waals surface area contributed by atoms with Gasteiger partial charge in [-0.1, -0.05) is 44.2 Å². The average molecular weight is 319 g/mol. The van der Waals surface area contributed by atoms with Crippen molar-refractivity contribution in [1.82, 2.24) is 5.32 Å². The molecule has 0 radical (unpaired) electrons. The minimum Gasteiger partial charge on any atom is -0.354 e. The van der Waals surface area contributed by atoms with Crippen LogP contribution in [0.25, 0.3) is 0 Å². The molecular weight excluding hydrogens is 294 g/mol. The van der Waals surface area contributed by atoms with Crippen molar-refractivity contribution in [2.24, 2.45) is 11.7 Å². The Balaban J connectivity index is 1.70. The molecule has 3 N–H and O–H groups in total. The Labute approximate surface area is 136 Å². The van der Waals surface area contributed by atoms with Crippen LogP contribution in [-0.2, 0) is 11.2 Å². The maximum Gasteiger partial charge on any atom is 0.269 e. The topological polar surface area (TPSA) is 98.3 Å². The van der Waals surface area contributed by atoms with Gasteiger partial charge in [-0.25, -0.2) is 0 Å². The monoisotopic (exact) mass is 319 g/mol. The van der Waals surface area contributed by atoms with Gasteiger partial charge < -0.3 is 11.1 Å². The summed E-state index contributed by atoms with van der Waals surface area (Å²) in [5.41, 5.74) is 7.03. The molecule has 1 aromatic rings. The molecule has 2 rings (SSSR count). The predicted molar refractivity (Wildman–Crippen MR) is 89.0 cm³/mol. The summed E-state index contributed by atoms with van der Waals surface area (Å²) in [4.78, 5) is 22.2. The van der Waals surface area contributed by atoms with Gasteiger partial charge in [0.2, 0.25) is 5.91 Å². The fraction of sp³-hybridized carbons (Fsp3) is 0.588. The lowest BCUT2D eigenvalue weighted by atomic mass is 9.85. The van der Waals surface area contributed by atoms with E-state index >= 15 is 0 Å². The number of amides is 1. The minimum absolute atomic E-state index is 0.0762. The van der Waals surface area contributed by atoms with Gasteiger partial charge in [-0.05, 0) is 24.3 Å². The van der Waals surface area contributed by atoms with Gasteiger partial charge in [-0.3, -0.25) is 14.9 Å². The molecule has 6 heteroatoms. The number of hydrogen-bond donors (Lipinski definition) is 2. The third-order valence-corrected chi connectivity index (χ3v) is 4.51. The normalized spacial score (nSPS) is 16.7. The first-order chi connectivity index (χ1) is 11.1. The highest BCUT2D eigenvalue weighted by molar-refractivity contribution is 5.81. The van der Waals surface area contributed by atoms with E-state index in [-0.39, 0.29) is 11.6 Å². The van der Waals surface area contributed by atoms with Crippen LogP contribution in [0.1, 0.15) is 44.1 Å². The highest BCUT2D eigenvalue weighted by atomic mass is 16.6. The Morgan fingerprint density at radius 2 is 1.91 bits per heavy atom. The van der Waals surface area contributed by atoms with E-state index in [1.165, 1.54) is 44.2 Å². The summed E-state index contributed by atoms with van der Waals surface area (Å²) in [6.45, 7) is 0.495. The molecule has 0 aromatic heterocycles. The molecule has 0 spiro atoms. The molecule has 0 bridgehead atoms. The van der Waals surface area contributed by atoms with Gasteiger partial charge in [0, 0.05) is 18.7 Å². The summed E-state index contributed by atoms with van der Waals surface area (Å²) in [7, 11) is 0. The molecule has 1 fully saturated rings. The van der Waals surface area contributed by atoms with Crippen LogP contribution in [0.5, 0.6) is 0 Å². The zero-order chi connectivity index (χ0) is 16.7. The number of nitro groups is 1. The number of carbonyl (C=O) groups is 1. The molecule has 0 aliphatic heterocycles. The molecule has 23 heavy (non-hydrogen) atoms. The van der Waals surface area contributed by atoms with Gasteiger partial charge in [0.1, 0.15) is 0 Å². The third-order valence-electron chi connectivity index (χ3n) is 4.51. The molecule has 0 heterocycles. The van der Waals surface area contributed by atoms with Crippen LogP contribution < -0.4 is 11.1 Å². The number of benzene rings is 1. The first-order valence-electron chi connectivity index (χ1n) is 8.33. The first kappa shape index (κ1) is 17.4. The van der Waals surface area contributed by atoms with E-state index in [1.54, 1.807) is 12.1 Å². The lowest BCUT2D eigenvalue weighted by Crippen LogP contribution is -2.42. The summed E-state index contributed by atoms with van der Waals surface area (Å²) >= 11 is 0. The average Bonchev–Trinajstić information content (AvgIpc) is 2.56. The van der Waals surface area contributed by atoms with Gasteiger partial charge in [0.25, 0.3) is 5.69 Å². The van der Waals surface area contributed by atoms with Crippen molar-refractivity contribution in [2.75, 3.05) is 6.54 Å². The second-order valence-electron chi connectivity index (χ2n) is 6.31. The number of nitro benzene ring substituents is 1. The van der Waals surface area contributed by atoms with E-state index in [4.69, 9.17) is 5.73 Å². The van der Waals surface area contributed by atoms with E-state index in [1.807, 2.05) is 0 Å². The van der Waals surface area contributed by atoms with Crippen LogP contribution >= 0.6 is 0 Å². The van der Waals surface area contributed by atoms with Crippen molar-refractivity contribution in [3.63, 3.8) is 0 Å². The largest absolute Gasteiger partial charge is 0.354 e. The summed E-state index contributed by atoms with van der Waals surface area (Å²) in [5, 5.41) is 13.4. The van der Waals surface area contributed by atoms with Crippen molar-refractivity contribution >= 4 is 11.6 Å². The fourth-order valence-corrected chi connectivity index (χ4v) is 3.13. The van der Waals surface area contributed by atoms with Crippen molar-refractivity contribution in [2.45, 2.75) is 51.0 Å². The number of nitrogens with one attached hydrogen (secondary N) is 1. The molecular formula is C17H25N3O3. The molecule has 1 atom stereocenters. The molecule has 1 saturated carbocycles. The Bertz CT molecular complexity index is 524. The highest BCUT2D eigenvalue weighted by Gasteiger charge is 2.20. The van der Waals surface area contributed by atoms with E-state index in [0.29, 0.717) is 18.9 Å². The number of nitrogens with two attached hydrogens (primary N) is 1. The first-order valence-corrected chi connectivity index (χ1v) is 8.33. The van der Waals surface area contributed by atoms with E-state index in [2.05, 4.69) is 5.32 Å². The quantitative estimate of drug-likeness (QED) is 0.596. The molecule has 1 aromatic carbocycles. The molecule has 1 aliphatic rings. The zero-order valence-corrected chi connectivity index (χ0v) is 13.4. The lowest BCUT2D eigenvalue weighted by Gasteiger charge is -2.24. The second-order valence-corrected chi connectivity index (χ2v) is 6.31. The van der Waals surface area contributed by atoms with Crippen LogP contribution in [0.2, 0.25) is 0 Å². The predicted octanol–water partition coefficient (Wildman–Crippen LogP) is 2.55. The Kier molecular flexibility index (Phi) is 6.52. The Morgan fingerprint density at radius 3 is 2.52 bits per heavy atom. The highest BCUT2D eigenvalue weighted by Crippen LogP contribution is 2.26. The minimum atomic E-state index is -0.435. The smallest absolute Gasteiger partial charge is 0.269 e. The SMILES string of the molecule is NC(CC1CCCCC1)C(=O)NCCc1ccc([N+](=O)[O-])cc1. The van der Waals surface area contributed by atoms with Crippen LogP contribution in [0.3, 0.4) is 0 Å².